The van der Waals surface area contributed by atoms with E-state index in [2.05, 4.69) is 5.32 Å². The number of nitrogens with zero attached hydrogens (tertiary/aromatic N) is 1. The lowest BCUT2D eigenvalue weighted by Crippen LogP contribution is -2.33. The molecule has 0 aliphatic heterocycles. The first-order valence-corrected chi connectivity index (χ1v) is 11.0. The predicted molar refractivity (Wildman–Crippen MR) is 130 cm³/mol. The van der Waals surface area contributed by atoms with Crippen LogP contribution in [-0.4, -0.2) is 52.8 Å². The maximum atomic E-state index is 12.7. The highest BCUT2D eigenvalue weighted by molar-refractivity contribution is 6.05. The maximum absolute atomic E-state index is 12.7. The minimum absolute atomic E-state index is 0.112. The van der Waals surface area contributed by atoms with Crippen LogP contribution in [0.2, 0.25) is 0 Å². The Labute approximate surface area is 208 Å². The van der Waals surface area contributed by atoms with Crippen LogP contribution >= 0.6 is 0 Å². The number of carbonyl (C=O) groups is 3. The zero-order valence-corrected chi connectivity index (χ0v) is 20.5. The van der Waals surface area contributed by atoms with E-state index in [-0.39, 0.29) is 18.9 Å². The van der Waals surface area contributed by atoms with Gasteiger partial charge >= 0.3 is 5.97 Å². The molecule has 1 aromatic heterocycles. The fraction of sp³-hybridized carbons (Fsp3) is 0.269. The summed E-state index contributed by atoms with van der Waals surface area (Å²) in [5.41, 5.74) is 1.23. The van der Waals surface area contributed by atoms with Crippen LogP contribution in [0.3, 0.4) is 0 Å². The number of nitrogens with one attached hydrogen (secondary N) is 1. The molecule has 0 saturated carbocycles. The number of esters is 1. The number of furan rings is 1. The molecule has 0 spiro atoms. The molecule has 0 saturated heterocycles. The number of anilines is 1. The highest BCUT2D eigenvalue weighted by atomic mass is 16.5. The summed E-state index contributed by atoms with van der Waals surface area (Å²) in [5.74, 6) is 0.316. The summed E-state index contributed by atoms with van der Waals surface area (Å²) in [4.78, 5) is 39.1. The van der Waals surface area contributed by atoms with Crippen LogP contribution in [0.15, 0.2) is 59.2 Å². The Kier molecular flexibility index (Phi) is 8.93. The van der Waals surface area contributed by atoms with Crippen molar-refractivity contribution in [3.05, 3.63) is 71.7 Å². The molecule has 0 unspecified atom stereocenters. The van der Waals surface area contributed by atoms with Crippen LogP contribution in [-0.2, 0) is 27.3 Å². The highest BCUT2D eigenvalue weighted by Gasteiger charge is 2.21. The molecule has 0 aliphatic carbocycles. The quantitative estimate of drug-likeness (QED) is 0.403. The number of amides is 2. The van der Waals surface area contributed by atoms with E-state index in [4.69, 9.17) is 23.4 Å². The molecule has 3 rings (SSSR count). The minimum Gasteiger partial charge on any atom is -0.493 e. The number of ether oxygens (including phenoxy) is 4. The Morgan fingerprint density at radius 1 is 0.944 bits per heavy atom. The Balaban J connectivity index is 1.61. The molecule has 1 N–H and O–H groups in total. The van der Waals surface area contributed by atoms with Gasteiger partial charge in [-0.05, 0) is 42.0 Å². The minimum atomic E-state index is -0.615. The van der Waals surface area contributed by atoms with Crippen molar-refractivity contribution in [2.75, 3.05) is 39.9 Å². The second-order valence-corrected chi connectivity index (χ2v) is 7.60. The van der Waals surface area contributed by atoms with Gasteiger partial charge in [0, 0.05) is 7.05 Å². The summed E-state index contributed by atoms with van der Waals surface area (Å²) in [6.45, 7) is -0.293. The van der Waals surface area contributed by atoms with Crippen molar-refractivity contribution in [2.24, 2.45) is 0 Å². The molecule has 10 heteroatoms. The number of carbonyl (C=O) groups excluding carboxylic acids is 3. The van der Waals surface area contributed by atoms with Gasteiger partial charge in [0.05, 0.1) is 51.8 Å². The molecule has 190 valence electrons. The smallest absolute Gasteiger partial charge is 0.310 e. The summed E-state index contributed by atoms with van der Waals surface area (Å²) in [6.07, 6.45) is 1.41. The van der Waals surface area contributed by atoms with Gasteiger partial charge in [-0.1, -0.05) is 12.1 Å². The van der Waals surface area contributed by atoms with Crippen molar-refractivity contribution >= 4 is 23.5 Å². The van der Waals surface area contributed by atoms with E-state index >= 15 is 0 Å². The zero-order chi connectivity index (χ0) is 26.1. The van der Waals surface area contributed by atoms with E-state index in [1.165, 1.54) is 39.5 Å². The summed E-state index contributed by atoms with van der Waals surface area (Å²) >= 11 is 0. The lowest BCUT2D eigenvalue weighted by molar-refractivity contribution is -0.147. The monoisotopic (exact) mass is 496 g/mol. The van der Waals surface area contributed by atoms with Gasteiger partial charge in [-0.3, -0.25) is 14.4 Å². The summed E-state index contributed by atoms with van der Waals surface area (Å²) in [7, 11) is 5.94. The third-order valence-electron chi connectivity index (χ3n) is 5.32. The fourth-order valence-corrected chi connectivity index (χ4v) is 3.46. The number of rotatable bonds is 11. The molecule has 2 aromatic carbocycles. The van der Waals surface area contributed by atoms with Crippen molar-refractivity contribution in [3.8, 4) is 17.2 Å². The van der Waals surface area contributed by atoms with Gasteiger partial charge < -0.3 is 33.6 Å². The number of hydrogen-bond donors (Lipinski definition) is 1. The van der Waals surface area contributed by atoms with Crippen molar-refractivity contribution in [1.29, 1.82) is 0 Å². The number of benzene rings is 2. The zero-order valence-electron chi connectivity index (χ0n) is 20.5. The molecule has 3 aromatic rings. The third-order valence-corrected chi connectivity index (χ3v) is 5.32. The summed E-state index contributed by atoms with van der Waals surface area (Å²) in [5, 5.41) is 2.75. The van der Waals surface area contributed by atoms with Crippen molar-refractivity contribution in [1.82, 2.24) is 5.32 Å². The first-order chi connectivity index (χ1) is 17.4. The van der Waals surface area contributed by atoms with Gasteiger partial charge in [-0.15, -0.1) is 0 Å². The van der Waals surface area contributed by atoms with Gasteiger partial charge in [0.1, 0.15) is 5.76 Å². The lowest BCUT2D eigenvalue weighted by atomic mass is 10.1. The van der Waals surface area contributed by atoms with Crippen LogP contribution in [0, 0.1) is 0 Å². The molecule has 36 heavy (non-hydrogen) atoms. The number of methoxy groups -OCH3 is 3. The molecular weight excluding hydrogens is 468 g/mol. The average molecular weight is 497 g/mol. The number of para-hydroxylation sites is 1. The predicted octanol–water partition coefficient (Wildman–Crippen LogP) is 2.98. The lowest BCUT2D eigenvalue weighted by Gasteiger charge is -2.20. The van der Waals surface area contributed by atoms with E-state index in [0.717, 1.165) is 0 Å². The molecule has 0 aliphatic rings. The third kappa shape index (κ3) is 6.35. The SMILES string of the molecule is COc1cc(CC(=O)OCC(=O)N(C)c2ccccc2C(=O)NCc2ccco2)cc(OC)c1OC. The van der Waals surface area contributed by atoms with Crippen LogP contribution in [0.4, 0.5) is 5.69 Å². The Hall–Kier alpha value is -4.47. The fourth-order valence-electron chi connectivity index (χ4n) is 3.46. The van der Waals surface area contributed by atoms with E-state index in [1.54, 1.807) is 48.5 Å². The molecular formula is C26H28N2O8. The van der Waals surface area contributed by atoms with Crippen LogP contribution in [0.5, 0.6) is 17.2 Å². The second-order valence-electron chi connectivity index (χ2n) is 7.60. The van der Waals surface area contributed by atoms with Crippen molar-refractivity contribution in [2.45, 2.75) is 13.0 Å². The first kappa shape index (κ1) is 26.1. The summed E-state index contributed by atoms with van der Waals surface area (Å²) in [6, 6.07) is 13.4. The highest BCUT2D eigenvalue weighted by Crippen LogP contribution is 2.38. The topological polar surface area (TPSA) is 117 Å². The Morgan fingerprint density at radius 3 is 2.25 bits per heavy atom. The van der Waals surface area contributed by atoms with E-state index < -0.39 is 18.5 Å². The molecule has 0 radical (unpaired) electrons. The van der Waals surface area contributed by atoms with Gasteiger partial charge in [0.15, 0.2) is 18.1 Å². The molecule has 10 nitrogen and oxygen atoms in total. The average Bonchev–Trinajstić information content (AvgIpc) is 3.43. The van der Waals surface area contributed by atoms with E-state index in [9.17, 15) is 14.4 Å². The van der Waals surface area contributed by atoms with Crippen LogP contribution in [0.1, 0.15) is 21.7 Å². The van der Waals surface area contributed by atoms with Gasteiger partial charge in [0.25, 0.3) is 11.8 Å². The van der Waals surface area contributed by atoms with Gasteiger partial charge in [-0.2, -0.15) is 0 Å². The van der Waals surface area contributed by atoms with Crippen molar-refractivity contribution < 1.29 is 37.7 Å². The van der Waals surface area contributed by atoms with E-state index in [0.29, 0.717) is 39.8 Å². The molecule has 0 fully saturated rings. The first-order valence-electron chi connectivity index (χ1n) is 11.0. The Bertz CT molecular complexity index is 1180. The molecule has 0 bridgehead atoms. The van der Waals surface area contributed by atoms with E-state index in [1.807, 2.05) is 0 Å². The van der Waals surface area contributed by atoms with Crippen molar-refractivity contribution in [3.63, 3.8) is 0 Å². The normalized spacial score (nSPS) is 10.3. The standard InChI is InChI=1S/C26H28N2O8/c1-28(20-10-6-5-9-19(20)26(31)27-15-18-8-7-11-35-18)23(29)16-36-24(30)14-17-12-21(32-2)25(34-4)22(13-17)33-3/h5-13H,14-16H2,1-4H3,(H,27,31). The largest absolute Gasteiger partial charge is 0.493 e. The van der Waals surface area contributed by atoms with Gasteiger partial charge in [0.2, 0.25) is 5.75 Å². The number of likely N-dealkylation sites (N-methyl/N-ethyl adjacent to an activating group) is 1. The van der Waals surface area contributed by atoms with Gasteiger partial charge in [-0.25, -0.2) is 0 Å². The van der Waals surface area contributed by atoms with Crippen LogP contribution in [0.25, 0.3) is 0 Å². The summed E-state index contributed by atoms with van der Waals surface area (Å²) < 4.78 is 26.3. The molecule has 2 amide bonds. The number of hydrogen-bond acceptors (Lipinski definition) is 8. The second kappa shape index (κ2) is 12.3. The van der Waals surface area contributed by atoms with Crippen LogP contribution < -0.4 is 24.4 Å². The molecule has 1 heterocycles. The molecule has 0 atom stereocenters. The maximum Gasteiger partial charge on any atom is 0.310 e. The Morgan fingerprint density at radius 2 is 1.64 bits per heavy atom.